The van der Waals surface area contributed by atoms with Crippen LogP contribution in [-0.4, -0.2) is 0 Å². The zero-order valence-electron chi connectivity index (χ0n) is 8.69. The Morgan fingerprint density at radius 2 is 1.81 bits per heavy atom. The van der Waals surface area contributed by atoms with Gasteiger partial charge in [0, 0.05) is 14.8 Å². The van der Waals surface area contributed by atoms with E-state index in [1.165, 1.54) is 9.79 Å². The third kappa shape index (κ3) is 2.69. The molecule has 0 bridgehead atoms. The van der Waals surface area contributed by atoms with Crippen molar-refractivity contribution in [2.24, 2.45) is 0 Å². The summed E-state index contributed by atoms with van der Waals surface area (Å²) < 4.78 is 0. The van der Waals surface area contributed by atoms with E-state index >= 15 is 0 Å². The Labute approximate surface area is 105 Å². The van der Waals surface area contributed by atoms with E-state index in [0.717, 1.165) is 10.6 Å². The molecule has 0 saturated heterocycles. The summed E-state index contributed by atoms with van der Waals surface area (Å²) in [4.78, 5) is 2.39. The van der Waals surface area contributed by atoms with Crippen molar-refractivity contribution in [3.63, 3.8) is 0 Å². The number of hydrogen-bond donors (Lipinski definition) is 0. The van der Waals surface area contributed by atoms with Crippen molar-refractivity contribution in [3.05, 3.63) is 65.7 Å². The van der Waals surface area contributed by atoms with Gasteiger partial charge in [-0.1, -0.05) is 54.2 Å². The lowest BCUT2D eigenvalue weighted by Crippen LogP contribution is -1.79. The molecule has 0 spiro atoms. The van der Waals surface area contributed by atoms with Gasteiger partial charge in [-0.3, -0.25) is 0 Å². The Bertz CT molecular complexity index is 491. The van der Waals surface area contributed by atoms with E-state index in [1.807, 2.05) is 42.5 Å². The second kappa shape index (κ2) is 5.24. The third-order valence-corrected chi connectivity index (χ3v) is 3.50. The van der Waals surface area contributed by atoms with E-state index in [2.05, 4.69) is 18.7 Å². The Kier molecular flexibility index (Phi) is 3.70. The minimum Gasteiger partial charge on any atom is -0.0984 e. The topological polar surface area (TPSA) is 0 Å². The van der Waals surface area contributed by atoms with Crippen LogP contribution in [0.15, 0.2) is 64.9 Å². The summed E-state index contributed by atoms with van der Waals surface area (Å²) in [6.07, 6.45) is 1.83. The van der Waals surface area contributed by atoms with E-state index < -0.39 is 0 Å². The molecule has 0 aliphatic rings. The lowest BCUT2D eigenvalue weighted by Gasteiger charge is -2.06. The van der Waals surface area contributed by atoms with Crippen LogP contribution in [0.4, 0.5) is 0 Å². The van der Waals surface area contributed by atoms with Crippen molar-refractivity contribution in [3.8, 4) is 0 Å². The first-order chi connectivity index (χ1) is 7.79. The summed E-state index contributed by atoms with van der Waals surface area (Å²) >= 11 is 7.66. The molecule has 0 radical (unpaired) electrons. The molecule has 2 heteroatoms. The molecule has 0 N–H and O–H groups in total. The van der Waals surface area contributed by atoms with Crippen LogP contribution in [0.1, 0.15) is 5.56 Å². The highest BCUT2D eigenvalue weighted by atomic mass is 35.5. The molecule has 2 aromatic rings. The minimum atomic E-state index is 0.743. The number of benzene rings is 2. The zero-order valence-corrected chi connectivity index (χ0v) is 10.3. The van der Waals surface area contributed by atoms with Gasteiger partial charge in [0.1, 0.15) is 0 Å². The second-order valence-corrected chi connectivity index (χ2v) is 4.85. The maximum Gasteiger partial charge on any atom is 0.0412 e. The van der Waals surface area contributed by atoms with Gasteiger partial charge < -0.3 is 0 Å². The van der Waals surface area contributed by atoms with Crippen LogP contribution in [0.3, 0.4) is 0 Å². The smallest absolute Gasteiger partial charge is 0.0412 e. The fourth-order valence-electron chi connectivity index (χ4n) is 1.39. The normalized spacial score (nSPS) is 10.1. The van der Waals surface area contributed by atoms with Gasteiger partial charge in [-0.2, -0.15) is 0 Å². The molecule has 0 aliphatic heterocycles. The summed E-state index contributed by atoms with van der Waals surface area (Å²) in [6, 6.07) is 16.1. The van der Waals surface area contributed by atoms with Crippen molar-refractivity contribution in [1.82, 2.24) is 0 Å². The largest absolute Gasteiger partial charge is 0.0984 e. The molecule has 80 valence electrons. The van der Waals surface area contributed by atoms with Crippen LogP contribution in [0.2, 0.25) is 5.02 Å². The Balaban J connectivity index is 2.31. The summed E-state index contributed by atoms with van der Waals surface area (Å²) in [5.41, 5.74) is 1.07. The van der Waals surface area contributed by atoms with E-state index in [1.54, 1.807) is 11.8 Å². The number of hydrogen-bond acceptors (Lipinski definition) is 1. The predicted molar refractivity (Wildman–Crippen MR) is 72.1 cm³/mol. The Morgan fingerprint density at radius 3 is 2.50 bits per heavy atom. The summed E-state index contributed by atoms with van der Waals surface area (Å²) in [7, 11) is 0. The van der Waals surface area contributed by atoms with Gasteiger partial charge in [-0.25, -0.2) is 0 Å². The van der Waals surface area contributed by atoms with Crippen LogP contribution < -0.4 is 0 Å². The molecular formula is C14H11ClS. The monoisotopic (exact) mass is 246 g/mol. The highest BCUT2D eigenvalue weighted by molar-refractivity contribution is 7.99. The summed E-state index contributed by atoms with van der Waals surface area (Å²) in [6.45, 7) is 3.80. The third-order valence-electron chi connectivity index (χ3n) is 2.16. The van der Waals surface area contributed by atoms with Gasteiger partial charge >= 0.3 is 0 Å². The molecule has 0 heterocycles. The minimum absolute atomic E-state index is 0.743. The summed E-state index contributed by atoms with van der Waals surface area (Å²) in [5.74, 6) is 0. The van der Waals surface area contributed by atoms with Crippen molar-refractivity contribution >= 4 is 29.4 Å². The highest BCUT2D eigenvalue weighted by Gasteiger charge is 2.02. The molecule has 0 nitrogen and oxygen atoms in total. The predicted octanol–water partition coefficient (Wildman–Crippen LogP) is 5.13. The standard InChI is InChI=1S/C14H11ClS/c1-2-11-10-12(15)8-9-14(11)16-13-6-4-3-5-7-13/h2-10H,1H2. The first kappa shape index (κ1) is 11.3. The van der Waals surface area contributed by atoms with E-state index in [9.17, 15) is 0 Å². The van der Waals surface area contributed by atoms with Gasteiger partial charge in [0.05, 0.1) is 0 Å². The molecule has 0 unspecified atom stereocenters. The maximum absolute atomic E-state index is 5.94. The highest BCUT2D eigenvalue weighted by Crippen LogP contribution is 2.32. The van der Waals surface area contributed by atoms with Crippen molar-refractivity contribution in [1.29, 1.82) is 0 Å². The second-order valence-electron chi connectivity index (χ2n) is 3.30. The van der Waals surface area contributed by atoms with Crippen LogP contribution >= 0.6 is 23.4 Å². The van der Waals surface area contributed by atoms with E-state index in [-0.39, 0.29) is 0 Å². The first-order valence-electron chi connectivity index (χ1n) is 4.94. The fraction of sp³-hybridized carbons (Fsp3) is 0. The molecule has 0 fully saturated rings. The maximum atomic E-state index is 5.94. The molecule has 0 amide bonds. The van der Waals surface area contributed by atoms with Gasteiger partial charge in [0.2, 0.25) is 0 Å². The van der Waals surface area contributed by atoms with Crippen molar-refractivity contribution < 1.29 is 0 Å². The Morgan fingerprint density at radius 1 is 1.06 bits per heavy atom. The zero-order chi connectivity index (χ0) is 11.4. The van der Waals surface area contributed by atoms with Gasteiger partial charge in [0.25, 0.3) is 0 Å². The van der Waals surface area contributed by atoms with Crippen molar-refractivity contribution in [2.75, 3.05) is 0 Å². The lowest BCUT2D eigenvalue weighted by atomic mass is 10.2. The fourth-order valence-corrected chi connectivity index (χ4v) is 2.51. The number of halogens is 1. The molecule has 0 aromatic heterocycles. The molecule has 2 rings (SSSR count). The van der Waals surface area contributed by atoms with Gasteiger partial charge in [0.15, 0.2) is 0 Å². The van der Waals surface area contributed by atoms with Gasteiger partial charge in [-0.15, -0.1) is 0 Å². The molecule has 16 heavy (non-hydrogen) atoms. The molecule has 0 saturated carbocycles. The van der Waals surface area contributed by atoms with E-state index in [0.29, 0.717) is 0 Å². The van der Waals surface area contributed by atoms with Crippen LogP contribution in [0.25, 0.3) is 6.08 Å². The van der Waals surface area contributed by atoms with Gasteiger partial charge in [-0.05, 0) is 35.9 Å². The summed E-state index contributed by atoms with van der Waals surface area (Å²) in [5, 5.41) is 0.743. The van der Waals surface area contributed by atoms with Crippen LogP contribution in [-0.2, 0) is 0 Å². The Hall–Kier alpha value is -1.18. The van der Waals surface area contributed by atoms with E-state index in [4.69, 9.17) is 11.6 Å². The first-order valence-corrected chi connectivity index (χ1v) is 6.14. The SMILES string of the molecule is C=Cc1cc(Cl)ccc1Sc1ccccc1. The van der Waals surface area contributed by atoms with Crippen LogP contribution in [0.5, 0.6) is 0 Å². The van der Waals surface area contributed by atoms with Crippen molar-refractivity contribution in [2.45, 2.75) is 9.79 Å². The molecular weight excluding hydrogens is 236 g/mol. The quantitative estimate of drug-likeness (QED) is 0.723. The average Bonchev–Trinajstić information content (AvgIpc) is 2.33. The molecule has 0 aliphatic carbocycles. The molecule has 2 aromatic carbocycles. The number of rotatable bonds is 3. The van der Waals surface area contributed by atoms with Crippen LogP contribution in [0, 0.1) is 0 Å². The lowest BCUT2D eigenvalue weighted by molar-refractivity contribution is 1.39. The average molecular weight is 247 g/mol. The molecule has 0 atom stereocenters.